The van der Waals surface area contributed by atoms with E-state index in [1.807, 2.05) is 0 Å². The zero-order valence-corrected chi connectivity index (χ0v) is 16.7. The van der Waals surface area contributed by atoms with Crippen LogP contribution in [0.3, 0.4) is 0 Å². The highest BCUT2D eigenvalue weighted by molar-refractivity contribution is 7.74. The molecule has 0 atom stereocenters. The highest BCUT2D eigenvalue weighted by atomic mass is 32.2. The lowest BCUT2D eigenvalue weighted by Crippen LogP contribution is -2.19. The minimum Gasteiger partial charge on any atom is -0.326 e. The molecule has 0 saturated heterocycles. The van der Waals surface area contributed by atoms with Gasteiger partial charge in [0.15, 0.2) is 5.82 Å². The largest absolute Gasteiger partial charge is 0.326 e. The van der Waals surface area contributed by atoms with Gasteiger partial charge in [-0.15, -0.1) is 0 Å². The normalized spacial score (nSPS) is 10.8. The van der Waals surface area contributed by atoms with Crippen LogP contribution in [0.5, 0.6) is 0 Å². The maximum absolute atomic E-state index is 14.3. The second-order valence-corrected chi connectivity index (χ2v) is 7.21. The number of carbonyl (C=O) groups excluding carboxylic acids is 1. The van der Waals surface area contributed by atoms with Gasteiger partial charge in [0, 0.05) is 31.3 Å². The second-order valence-electron chi connectivity index (χ2n) is 6.34. The van der Waals surface area contributed by atoms with Crippen LogP contribution in [0.15, 0.2) is 54.9 Å². The van der Waals surface area contributed by atoms with Crippen LogP contribution in [0.2, 0.25) is 0 Å². The van der Waals surface area contributed by atoms with Crippen LogP contribution in [0, 0.1) is 11.6 Å². The summed E-state index contributed by atoms with van der Waals surface area (Å²) in [5.41, 5.74) is 7.60. The molecule has 3 rings (SSSR count). The molecule has 0 spiro atoms. The fourth-order valence-electron chi connectivity index (χ4n) is 2.94. The monoisotopic (exact) mass is 432 g/mol. The molecule has 0 bridgehead atoms. The number of nitrogens with one attached hydrogen (secondary N) is 1. The van der Waals surface area contributed by atoms with Crippen molar-refractivity contribution >= 4 is 33.9 Å². The number of rotatable bonds is 6. The predicted octanol–water partition coefficient (Wildman–Crippen LogP) is 3.11. The Kier molecular flexibility index (Phi) is 6.38. The molecule has 0 unspecified atom stereocenters. The first-order chi connectivity index (χ1) is 14.3. The van der Waals surface area contributed by atoms with E-state index in [2.05, 4.69) is 10.3 Å². The Morgan fingerprint density at radius 2 is 1.83 bits per heavy atom. The average molecular weight is 432 g/mol. The van der Waals surface area contributed by atoms with Gasteiger partial charge in [-0.3, -0.25) is 9.78 Å². The molecular weight excluding hydrogens is 414 g/mol. The highest BCUT2D eigenvalue weighted by Crippen LogP contribution is 2.35. The minimum atomic E-state index is -3.32. The van der Waals surface area contributed by atoms with Gasteiger partial charge >= 0.3 is 0 Å². The molecule has 156 valence electrons. The van der Waals surface area contributed by atoms with Gasteiger partial charge < -0.3 is 11.1 Å². The van der Waals surface area contributed by atoms with Crippen LogP contribution in [0.25, 0.3) is 11.1 Å². The quantitative estimate of drug-likeness (QED) is 0.519. The Hall–Kier alpha value is -3.37. The van der Waals surface area contributed by atoms with Gasteiger partial charge in [0.1, 0.15) is 5.82 Å². The van der Waals surface area contributed by atoms with E-state index in [1.165, 1.54) is 25.4 Å². The number of hydrogen-bond acceptors (Lipinski definition) is 5. The van der Waals surface area contributed by atoms with Crippen molar-refractivity contribution in [1.82, 2.24) is 4.98 Å². The first-order valence-electron chi connectivity index (χ1n) is 8.75. The van der Waals surface area contributed by atoms with Crippen molar-refractivity contribution < 1.29 is 22.0 Å². The zero-order chi connectivity index (χ0) is 21.8. The molecule has 2 aromatic carbocycles. The number of thiol groups is 1. The molecule has 0 aliphatic carbocycles. The van der Waals surface area contributed by atoms with Crippen LogP contribution in [-0.2, 0) is 22.2 Å². The van der Waals surface area contributed by atoms with Crippen molar-refractivity contribution in [2.45, 2.75) is 13.5 Å². The van der Waals surface area contributed by atoms with Crippen LogP contribution in [0.4, 0.5) is 25.8 Å². The molecule has 0 fully saturated rings. The van der Waals surface area contributed by atoms with Gasteiger partial charge in [-0.2, -0.15) is 0 Å². The van der Waals surface area contributed by atoms with E-state index in [0.29, 0.717) is 28.4 Å². The van der Waals surface area contributed by atoms with Crippen LogP contribution in [-0.4, -0.2) is 19.3 Å². The van der Waals surface area contributed by atoms with Crippen molar-refractivity contribution in [2.24, 2.45) is 5.73 Å². The van der Waals surface area contributed by atoms with Gasteiger partial charge in [0.05, 0.1) is 23.3 Å². The lowest BCUT2D eigenvalue weighted by molar-refractivity contribution is -0.114. The van der Waals surface area contributed by atoms with Gasteiger partial charge in [0.2, 0.25) is 16.8 Å². The molecule has 7 nitrogen and oxygen atoms in total. The molecule has 0 saturated carbocycles. The lowest BCUT2D eigenvalue weighted by Gasteiger charge is -2.22. The minimum absolute atomic E-state index is 0.0116. The molecule has 1 heterocycles. The van der Waals surface area contributed by atoms with Crippen molar-refractivity contribution in [1.29, 1.82) is 0 Å². The fraction of sp³-hybridized carbons (Fsp3) is 0.100. The van der Waals surface area contributed by atoms with E-state index in [0.717, 1.165) is 16.4 Å². The molecule has 0 radical (unpaired) electrons. The maximum Gasteiger partial charge on any atom is 0.229 e. The first kappa shape index (κ1) is 21.3. The summed E-state index contributed by atoms with van der Waals surface area (Å²) < 4.78 is 52.5. The first-order valence-corrected chi connectivity index (χ1v) is 9.88. The Balaban J connectivity index is 2.15. The van der Waals surface area contributed by atoms with Crippen molar-refractivity contribution in [3.05, 3.63) is 72.1 Å². The van der Waals surface area contributed by atoms with E-state index in [-0.39, 0.29) is 23.8 Å². The van der Waals surface area contributed by atoms with E-state index in [4.69, 9.17) is 5.73 Å². The number of carbonyl (C=O) groups is 1. The fourth-order valence-corrected chi connectivity index (χ4v) is 3.64. The van der Waals surface area contributed by atoms with E-state index < -0.39 is 22.5 Å². The van der Waals surface area contributed by atoms with Crippen molar-refractivity contribution in [2.75, 3.05) is 9.62 Å². The zero-order valence-electron chi connectivity index (χ0n) is 15.8. The standard InChI is InChI=1S/C20H18F2N4O3S/c1-12(27)25-17-6-15(10-24-11-17)13-2-3-14(9-23)20(7-13)26(30(28)29)19-5-4-16(21)8-18(19)22/h2-8,10-11,30H,9,23H2,1H3,(H,25,27). The number of nitrogens with zero attached hydrogens (tertiary/aromatic N) is 2. The number of hydrogen-bond donors (Lipinski definition) is 3. The van der Waals surface area contributed by atoms with E-state index >= 15 is 0 Å². The third kappa shape index (κ3) is 4.61. The summed E-state index contributed by atoms with van der Waals surface area (Å²) in [6, 6.07) is 9.12. The third-order valence-corrected chi connectivity index (χ3v) is 4.98. The molecular formula is C20H18F2N4O3S. The van der Waals surface area contributed by atoms with Crippen LogP contribution in [0.1, 0.15) is 12.5 Å². The number of pyridine rings is 1. The van der Waals surface area contributed by atoms with E-state index in [1.54, 1.807) is 18.2 Å². The third-order valence-electron chi connectivity index (χ3n) is 4.23. The summed E-state index contributed by atoms with van der Waals surface area (Å²) in [4.78, 5) is 15.4. The Labute approximate surface area is 173 Å². The van der Waals surface area contributed by atoms with E-state index in [9.17, 15) is 22.0 Å². The van der Waals surface area contributed by atoms with Gasteiger partial charge in [-0.25, -0.2) is 21.5 Å². The Bertz CT molecular complexity index is 1180. The molecule has 30 heavy (non-hydrogen) atoms. The molecule has 3 aromatic rings. The summed E-state index contributed by atoms with van der Waals surface area (Å²) >= 11 is 0. The van der Waals surface area contributed by atoms with Gasteiger partial charge in [-0.05, 0) is 35.4 Å². The lowest BCUT2D eigenvalue weighted by atomic mass is 10.0. The summed E-state index contributed by atoms with van der Waals surface area (Å²) in [6.45, 7) is 1.35. The van der Waals surface area contributed by atoms with Crippen LogP contribution >= 0.6 is 0 Å². The maximum atomic E-state index is 14.3. The molecule has 3 N–H and O–H groups in total. The van der Waals surface area contributed by atoms with Crippen LogP contribution < -0.4 is 15.4 Å². The Morgan fingerprint density at radius 3 is 2.47 bits per heavy atom. The summed E-state index contributed by atoms with van der Waals surface area (Å²) in [5, 5.41) is 2.62. The number of nitrogens with two attached hydrogens (primary N) is 1. The predicted molar refractivity (Wildman–Crippen MR) is 111 cm³/mol. The molecule has 0 aliphatic heterocycles. The smallest absolute Gasteiger partial charge is 0.229 e. The molecule has 0 aliphatic rings. The number of benzene rings is 2. The number of halogens is 2. The van der Waals surface area contributed by atoms with Gasteiger partial charge in [-0.1, -0.05) is 12.1 Å². The molecule has 1 aromatic heterocycles. The van der Waals surface area contributed by atoms with Gasteiger partial charge in [0.25, 0.3) is 0 Å². The number of anilines is 3. The number of aromatic nitrogens is 1. The highest BCUT2D eigenvalue weighted by Gasteiger charge is 2.20. The van der Waals surface area contributed by atoms with Crippen molar-refractivity contribution in [3.8, 4) is 11.1 Å². The second kappa shape index (κ2) is 8.97. The number of amides is 1. The average Bonchev–Trinajstić information content (AvgIpc) is 2.69. The molecule has 1 amide bonds. The SMILES string of the molecule is CC(=O)Nc1cncc(-c2ccc(CN)c(N(c3ccc(F)cc3F)[SH](=O)=O)c2)c1. The Morgan fingerprint density at radius 1 is 1.07 bits per heavy atom. The van der Waals surface area contributed by atoms with Crippen molar-refractivity contribution in [3.63, 3.8) is 0 Å². The summed E-state index contributed by atoms with van der Waals surface area (Å²) in [7, 11) is -3.32. The molecule has 10 heteroatoms. The summed E-state index contributed by atoms with van der Waals surface area (Å²) in [6.07, 6.45) is 3.00. The summed E-state index contributed by atoms with van der Waals surface area (Å²) in [5.74, 6) is -2.13. The topological polar surface area (TPSA) is 105 Å².